The number of nitrogens with zero attached hydrogens (tertiary/aromatic N) is 2. The van der Waals surface area contributed by atoms with Crippen molar-refractivity contribution in [1.82, 2.24) is 9.88 Å². The number of hydrogen-bond donors (Lipinski definition) is 0. The van der Waals surface area contributed by atoms with Crippen molar-refractivity contribution in [3.63, 3.8) is 0 Å². The zero-order chi connectivity index (χ0) is 18.9. The molecule has 144 valence electrons. The number of likely N-dealkylation sites (tertiary alicyclic amines) is 1. The topological polar surface area (TPSA) is 51.7 Å². The van der Waals surface area contributed by atoms with Crippen LogP contribution < -0.4 is 9.47 Å². The van der Waals surface area contributed by atoms with E-state index in [0.717, 1.165) is 53.4 Å². The van der Waals surface area contributed by atoms with Crippen LogP contribution in [0.3, 0.4) is 0 Å². The van der Waals surface area contributed by atoms with Gasteiger partial charge in [0.15, 0.2) is 11.5 Å². The van der Waals surface area contributed by atoms with Gasteiger partial charge in [-0.3, -0.25) is 4.79 Å². The Hall–Kier alpha value is -2.38. The molecule has 0 aliphatic carbocycles. The van der Waals surface area contributed by atoms with Crippen LogP contribution in [0.5, 0.6) is 11.5 Å². The minimum absolute atomic E-state index is 0.00680. The fourth-order valence-corrected chi connectivity index (χ4v) is 5.29. The molecular formula is C21H20N2O3S2. The fraction of sp³-hybridized carbons (Fsp3) is 0.333. The molecular weight excluding hydrogens is 392 g/mol. The summed E-state index contributed by atoms with van der Waals surface area (Å²) in [6.07, 6.45) is 2.83. The molecule has 2 aromatic heterocycles. The Bertz CT molecular complexity index is 983. The zero-order valence-electron chi connectivity index (χ0n) is 15.3. The molecule has 4 heterocycles. The summed E-state index contributed by atoms with van der Waals surface area (Å²) in [5, 5.41) is 6.86. The van der Waals surface area contributed by atoms with Crippen molar-refractivity contribution in [1.29, 1.82) is 0 Å². The number of thiophene rings is 1. The van der Waals surface area contributed by atoms with Crippen LogP contribution >= 0.6 is 22.7 Å². The third kappa shape index (κ3) is 3.29. The summed E-state index contributed by atoms with van der Waals surface area (Å²) in [5.41, 5.74) is 2.71. The van der Waals surface area contributed by atoms with Crippen molar-refractivity contribution >= 4 is 28.6 Å². The number of carbonyl (C=O) groups is 1. The van der Waals surface area contributed by atoms with Gasteiger partial charge >= 0.3 is 0 Å². The first-order valence-electron chi connectivity index (χ1n) is 9.48. The molecule has 1 amide bonds. The van der Waals surface area contributed by atoms with E-state index in [1.807, 2.05) is 33.9 Å². The molecule has 0 radical (unpaired) electrons. The van der Waals surface area contributed by atoms with Crippen LogP contribution in [-0.2, 0) is 0 Å². The van der Waals surface area contributed by atoms with E-state index in [9.17, 15) is 4.79 Å². The highest BCUT2D eigenvalue weighted by Gasteiger charge is 2.32. The number of fused-ring (bicyclic) bond motifs is 1. The summed E-state index contributed by atoms with van der Waals surface area (Å²) < 4.78 is 11.6. The van der Waals surface area contributed by atoms with Crippen molar-refractivity contribution in [3.8, 4) is 22.1 Å². The van der Waals surface area contributed by atoms with Crippen molar-refractivity contribution in [3.05, 3.63) is 51.7 Å². The van der Waals surface area contributed by atoms with E-state index in [2.05, 4.69) is 16.4 Å². The summed E-state index contributed by atoms with van der Waals surface area (Å²) in [5.74, 6) is 1.58. The average Bonchev–Trinajstić information content (AvgIpc) is 3.46. The van der Waals surface area contributed by atoms with Gasteiger partial charge in [-0.05, 0) is 42.0 Å². The van der Waals surface area contributed by atoms with Gasteiger partial charge in [-0.15, -0.1) is 11.3 Å². The fourth-order valence-electron chi connectivity index (χ4n) is 3.78. The van der Waals surface area contributed by atoms with E-state index < -0.39 is 0 Å². The summed E-state index contributed by atoms with van der Waals surface area (Å²) in [7, 11) is 0. The largest absolute Gasteiger partial charge is 0.490 e. The van der Waals surface area contributed by atoms with Crippen LogP contribution in [-0.4, -0.2) is 35.5 Å². The maximum absolute atomic E-state index is 13.2. The Labute approximate surface area is 171 Å². The Morgan fingerprint density at radius 2 is 2.00 bits per heavy atom. The number of amides is 1. The van der Waals surface area contributed by atoms with Crippen LogP contribution in [0.2, 0.25) is 0 Å². The van der Waals surface area contributed by atoms with E-state index in [1.165, 1.54) is 11.3 Å². The van der Waals surface area contributed by atoms with Crippen LogP contribution in [0, 0.1) is 0 Å². The molecule has 0 saturated carbocycles. The van der Waals surface area contributed by atoms with Gasteiger partial charge in [-0.25, -0.2) is 4.98 Å². The second-order valence-electron chi connectivity index (χ2n) is 6.96. The third-order valence-corrected chi connectivity index (χ3v) is 6.74. The molecule has 1 atom stereocenters. The first-order valence-corrected chi connectivity index (χ1v) is 11.3. The van der Waals surface area contributed by atoms with Crippen molar-refractivity contribution < 1.29 is 14.3 Å². The first-order chi connectivity index (χ1) is 13.8. The number of benzene rings is 1. The molecule has 1 saturated heterocycles. The van der Waals surface area contributed by atoms with Crippen LogP contribution in [0.25, 0.3) is 10.6 Å². The number of rotatable bonds is 3. The monoisotopic (exact) mass is 412 g/mol. The second kappa shape index (κ2) is 7.56. The number of carbonyl (C=O) groups excluding carboxylic acids is 1. The lowest BCUT2D eigenvalue weighted by Crippen LogP contribution is -2.30. The molecule has 2 aliphatic heterocycles. The molecule has 2 aliphatic rings. The highest BCUT2D eigenvalue weighted by atomic mass is 32.1. The molecule has 3 aromatic rings. The Morgan fingerprint density at radius 3 is 2.86 bits per heavy atom. The molecule has 5 nitrogen and oxygen atoms in total. The number of thiazole rings is 1. The maximum Gasteiger partial charge on any atom is 0.273 e. The molecule has 7 heteroatoms. The van der Waals surface area contributed by atoms with Gasteiger partial charge < -0.3 is 14.4 Å². The van der Waals surface area contributed by atoms with E-state index >= 15 is 0 Å². The van der Waals surface area contributed by atoms with Crippen LogP contribution in [0.1, 0.15) is 41.4 Å². The minimum atomic E-state index is 0.00680. The lowest BCUT2D eigenvalue weighted by Gasteiger charge is -2.25. The van der Waals surface area contributed by atoms with E-state index in [4.69, 9.17) is 9.47 Å². The zero-order valence-corrected chi connectivity index (χ0v) is 16.9. The molecule has 28 heavy (non-hydrogen) atoms. The molecule has 0 spiro atoms. The van der Waals surface area contributed by atoms with Crippen molar-refractivity contribution in [2.45, 2.75) is 25.3 Å². The van der Waals surface area contributed by atoms with Gasteiger partial charge in [0.1, 0.15) is 10.7 Å². The predicted molar refractivity (Wildman–Crippen MR) is 110 cm³/mol. The maximum atomic E-state index is 13.2. The molecule has 1 fully saturated rings. The predicted octanol–water partition coefficient (Wildman–Crippen LogP) is 5.01. The quantitative estimate of drug-likeness (QED) is 0.607. The summed E-state index contributed by atoms with van der Waals surface area (Å²) >= 11 is 3.16. The van der Waals surface area contributed by atoms with Crippen molar-refractivity contribution in [2.24, 2.45) is 0 Å². The van der Waals surface area contributed by atoms with Gasteiger partial charge in [-0.2, -0.15) is 11.3 Å². The molecule has 1 aromatic carbocycles. The molecule has 0 bridgehead atoms. The van der Waals surface area contributed by atoms with Gasteiger partial charge in [0.25, 0.3) is 5.91 Å². The van der Waals surface area contributed by atoms with Gasteiger partial charge in [-0.1, -0.05) is 6.07 Å². The lowest BCUT2D eigenvalue weighted by molar-refractivity contribution is 0.0730. The standard InChI is InChI=1S/C21H20N2O3S2/c24-21(16-13-28-20(22-16)15-6-10-27-12-15)23-7-1-3-17(23)14-4-5-18-19(11-14)26-9-2-8-25-18/h4-6,10-13,17H,1-3,7-9H2/t17-/m0/s1. The van der Waals surface area contributed by atoms with Gasteiger partial charge in [0.05, 0.1) is 19.3 Å². The highest BCUT2D eigenvalue weighted by molar-refractivity contribution is 7.14. The Balaban J connectivity index is 1.39. The third-order valence-electron chi connectivity index (χ3n) is 5.16. The number of hydrogen-bond acceptors (Lipinski definition) is 6. The normalized spacial score (nSPS) is 18.9. The number of aromatic nitrogens is 1. The van der Waals surface area contributed by atoms with Crippen molar-refractivity contribution in [2.75, 3.05) is 19.8 Å². The summed E-state index contributed by atoms with van der Waals surface area (Å²) in [4.78, 5) is 19.7. The van der Waals surface area contributed by atoms with E-state index in [-0.39, 0.29) is 11.9 Å². The summed E-state index contributed by atoms with van der Waals surface area (Å²) in [6.45, 7) is 2.09. The lowest BCUT2D eigenvalue weighted by atomic mass is 10.0. The van der Waals surface area contributed by atoms with E-state index in [0.29, 0.717) is 18.9 Å². The molecule has 0 unspecified atom stereocenters. The SMILES string of the molecule is O=C(c1csc(-c2ccsc2)n1)N1CCC[C@H]1c1ccc2c(c1)OCCCO2. The van der Waals surface area contributed by atoms with Gasteiger partial charge in [0.2, 0.25) is 0 Å². The van der Waals surface area contributed by atoms with Crippen LogP contribution in [0.15, 0.2) is 40.4 Å². The Kier molecular flexibility index (Phi) is 4.78. The molecule has 0 N–H and O–H groups in total. The van der Waals surface area contributed by atoms with Gasteiger partial charge in [0, 0.05) is 29.3 Å². The van der Waals surface area contributed by atoms with Crippen LogP contribution in [0.4, 0.5) is 0 Å². The minimum Gasteiger partial charge on any atom is -0.490 e. The second-order valence-corrected chi connectivity index (χ2v) is 8.60. The van der Waals surface area contributed by atoms with E-state index in [1.54, 1.807) is 11.3 Å². The number of ether oxygens (including phenoxy) is 2. The molecule has 5 rings (SSSR count). The first kappa shape index (κ1) is 17.7. The average molecular weight is 413 g/mol. The summed E-state index contributed by atoms with van der Waals surface area (Å²) in [6, 6.07) is 8.15. The smallest absolute Gasteiger partial charge is 0.273 e. The Morgan fingerprint density at radius 1 is 1.11 bits per heavy atom. The highest BCUT2D eigenvalue weighted by Crippen LogP contribution is 2.38.